The van der Waals surface area contributed by atoms with Gasteiger partial charge in [-0.15, -0.1) is 0 Å². The van der Waals surface area contributed by atoms with Gasteiger partial charge in [-0.1, -0.05) is 13.0 Å². The summed E-state index contributed by atoms with van der Waals surface area (Å²) in [4.78, 5) is 29.3. The molecule has 0 aliphatic carbocycles. The molecule has 0 spiro atoms. The lowest BCUT2D eigenvalue weighted by Crippen LogP contribution is -2.29. The second kappa shape index (κ2) is 5.17. The Morgan fingerprint density at radius 3 is 2.88 bits per heavy atom. The van der Waals surface area contributed by atoms with Gasteiger partial charge in [0, 0.05) is 10.9 Å². The predicted octanol–water partition coefficient (Wildman–Crippen LogP) is 2.29. The number of phenols is 1. The summed E-state index contributed by atoms with van der Waals surface area (Å²) in [7, 11) is 0. The van der Waals surface area contributed by atoms with Gasteiger partial charge in [-0.25, -0.2) is 4.98 Å². The van der Waals surface area contributed by atoms with Crippen LogP contribution in [0.5, 0.6) is 5.75 Å². The van der Waals surface area contributed by atoms with Gasteiger partial charge in [0.15, 0.2) is 0 Å². The summed E-state index contributed by atoms with van der Waals surface area (Å²) in [6.45, 7) is 2.48. The molecule has 6 heteroatoms. The van der Waals surface area contributed by atoms with E-state index in [2.05, 4.69) is 0 Å². The Bertz CT molecular complexity index is 1180. The van der Waals surface area contributed by atoms with Crippen LogP contribution in [0.1, 0.15) is 29.2 Å². The molecule has 0 saturated carbocycles. The summed E-state index contributed by atoms with van der Waals surface area (Å²) >= 11 is 0. The molecule has 0 unspecified atom stereocenters. The zero-order chi connectivity index (χ0) is 18.0. The molecule has 130 valence electrons. The first kappa shape index (κ1) is 15.1. The van der Waals surface area contributed by atoms with E-state index in [0.29, 0.717) is 17.5 Å². The standard InChI is InChI=1S/C20H16N2O4/c1-2-10-3-4-16(23)13-5-12-8-22-15(19(12)21-18(10)13)6-11-7-17(24)26-9-14(11)20(22)25/h3-6,23H,2,7-9H2,1H3. The van der Waals surface area contributed by atoms with E-state index in [9.17, 15) is 14.7 Å². The Kier molecular flexibility index (Phi) is 3.01. The molecule has 0 atom stereocenters. The van der Waals surface area contributed by atoms with Crippen molar-refractivity contribution in [2.24, 2.45) is 0 Å². The predicted molar refractivity (Wildman–Crippen MR) is 95.1 cm³/mol. The average molecular weight is 348 g/mol. The molecule has 3 aromatic rings. The lowest BCUT2D eigenvalue weighted by atomic mass is 10.0. The molecule has 0 bridgehead atoms. The third kappa shape index (κ3) is 1.95. The van der Waals surface area contributed by atoms with Crippen molar-refractivity contribution in [3.63, 3.8) is 0 Å². The topological polar surface area (TPSA) is 81.4 Å². The van der Waals surface area contributed by atoms with E-state index >= 15 is 0 Å². The zero-order valence-corrected chi connectivity index (χ0v) is 14.2. The Morgan fingerprint density at radius 1 is 1.23 bits per heavy atom. The molecule has 0 radical (unpaired) electrons. The number of aryl methyl sites for hydroxylation is 1. The van der Waals surface area contributed by atoms with Gasteiger partial charge in [-0.05, 0) is 35.7 Å². The second-order valence-corrected chi connectivity index (χ2v) is 6.75. The molecule has 2 aliphatic heterocycles. The van der Waals surface area contributed by atoms with Crippen LogP contribution in [0, 0.1) is 0 Å². The van der Waals surface area contributed by atoms with Crippen molar-refractivity contribution in [1.82, 2.24) is 9.55 Å². The second-order valence-electron chi connectivity index (χ2n) is 6.75. The number of aromatic hydroxyl groups is 1. The summed E-state index contributed by atoms with van der Waals surface area (Å²) in [5, 5.41) is 10.9. The van der Waals surface area contributed by atoms with Gasteiger partial charge in [0.1, 0.15) is 12.4 Å². The Balaban J connectivity index is 1.80. The molecule has 0 fully saturated rings. The molecular weight excluding hydrogens is 332 g/mol. The van der Waals surface area contributed by atoms with Gasteiger partial charge in [-0.2, -0.15) is 0 Å². The van der Waals surface area contributed by atoms with E-state index in [1.165, 1.54) is 0 Å². The minimum Gasteiger partial charge on any atom is -0.507 e. The number of pyridine rings is 2. The molecule has 2 aromatic heterocycles. The number of carbonyl (C=O) groups excluding carboxylic acids is 1. The number of rotatable bonds is 1. The van der Waals surface area contributed by atoms with Crippen molar-refractivity contribution in [3.8, 4) is 17.1 Å². The van der Waals surface area contributed by atoms with E-state index in [-0.39, 0.29) is 30.3 Å². The van der Waals surface area contributed by atoms with Crippen molar-refractivity contribution in [2.45, 2.75) is 32.9 Å². The highest BCUT2D eigenvalue weighted by atomic mass is 16.5. The van der Waals surface area contributed by atoms with Crippen LogP contribution in [-0.4, -0.2) is 20.6 Å². The number of nitrogens with zero attached hydrogens (tertiary/aromatic N) is 2. The summed E-state index contributed by atoms with van der Waals surface area (Å²) < 4.78 is 6.71. The van der Waals surface area contributed by atoms with Crippen molar-refractivity contribution < 1.29 is 14.6 Å². The molecule has 5 rings (SSSR count). The van der Waals surface area contributed by atoms with E-state index in [0.717, 1.165) is 40.0 Å². The number of carbonyl (C=O) groups is 1. The lowest BCUT2D eigenvalue weighted by molar-refractivity contribution is -0.145. The van der Waals surface area contributed by atoms with Gasteiger partial charge < -0.3 is 14.4 Å². The van der Waals surface area contributed by atoms with Crippen LogP contribution in [0.2, 0.25) is 0 Å². The normalized spacial score (nSPS) is 14.7. The first-order chi connectivity index (χ1) is 12.6. The van der Waals surface area contributed by atoms with Crippen molar-refractivity contribution in [1.29, 1.82) is 0 Å². The fourth-order valence-electron chi connectivity index (χ4n) is 3.91. The fourth-order valence-corrected chi connectivity index (χ4v) is 3.91. The number of ether oxygens (including phenoxy) is 1. The molecule has 1 N–H and O–H groups in total. The minimum atomic E-state index is -0.315. The summed E-state index contributed by atoms with van der Waals surface area (Å²) in [6, 6.07) is 7.36. The average Bonchev–Trinajstić information content (AvgIpc) is 2.99. The van der Waals surface area contributed by atoms with Crippen LogP contribution in [0.4, 0.5) is 0 Å². The van der Waals surface area contributed by atoms with Gasteiger partial charge in [0.25, 0.3) is 5.56 Å². The molecule has 0 saturated heterocycles. The first-order valence-electron chi connectivity index (χ1n) is 8.63. The highest BCUT2D eigenvalue weighted by Crippen LogP contribution is 2.36. The first-order valence-corrected chi connectivity index (χ1v) is 8.63. The zero-order valence-electron chi connectivity index (χ0n) is 14.2. The molecule has 2 aliphatic rings. The largest absolute Gasteiger partial charge is 0.507 e. The summed E-state index contributed by atoms with van der Waals surface area (Å²) in [6.07, 6.45) is 0.910. The quantitative estimate of drug-likeness (QED) is 0.534. The van der Waals surface area contributed by atoms with Gasteiger partial charge in [0.2, 0.25) is 0 Å². The number of benzene rings is 1. The van der Waals surface area contributed by atoms with Gasteiger partial charge in [-0.3, -0.25) is 9.59 Å². The van der Waals surface area contributed by atoms with E-state index in [4.69, 9.17) is 9.72 Å². The number of aromatic nitrogens is 2. The minimum absolute atomic E-state index is 0.0276. The van der Waals surface area contributed by atoms with Crippen molar-refractivity contribution in [2.75, 3.05) is 0 Å². The molecule has 6 nitrogen and oxygen atoms in total. The maximum Gasteiger partial charge on any atom is 0.310 e. The van der Waals surface area contributed by atoms with Crippen LogP contribution >= 0.6 is 0 Å². The number of esters is 1. The molecular formula is C20H16N2O4. The number of phenolic OH excluding ortho intramolecular Hbond substituents is 1. The van der Waals surface area contributed by atoms with E-state index < -0.39 is 0 Å². The SMILES string of the molecule is CCc1ccc(O)c2cc3c(nc12)-c1cc2c(c(=O)n1C3)COC(=O)C2. The monoisotopic (exact) mass is 348 g/mol. The smallest absolute Gasteiger partial charge is 0.310 e. The van der Waals surface area contributed by atoms with Gasteiger partial charge in [0.05, 0.1) is 35.4 Å². The van der Waals surface area contributed by atoms with Crippen molar-refractivity contribution >= 4 is 16.9 Å². The maximum atomic E-state index is 12.9. The molecule has 1 aromatic carbocycles. The number of hydrogen-bond donors (Lipinski definition) is 1. The van der Waals surface area contributed by atoms with Crippen LogP contribution in [0.25, 0.3) is 22.3 Å². The number of fused-ring (bicyclic) bond motifs is 5. The maximum absolute atomic E-state index is 12.9. The van der Waals surface area contributed by atoms with Crippen LogP contribution in [0.15, 0.2) is 29.1 Å². The van der Waals surface area contributed by atoms with Crippen LogP contribution in [-0.2, 0) is 35.5 Å². The summed E-state index contributed by atoms with van der Waals surface area (Å²) in [5.74, 6) is -0.126. The van der Waals surface area contributed by atoms with E-state index in [1.807, 2.05) is 25.1 Å². The molecule has 0 amide bonds. The highest BCUT2D eigenvalue weighted by Gasteiger charge is 2.28. The third-order valence-corrected chi connectivity index (χ3v) is 5.28. The van der Waals surface area contributed by atoms with Crippen LogP contribution < -0.4 is 5.56 Å². The lowest BCUT2D eigenvalue weighted by Gasteiger charge is -2.17. The third-order valence-electron chi connectivity index (χ3n) is 5.28. The molecule has 26 heavy (non-hydrogen) atoms. The number of hydrogen-bond acceptors (Lipinski definition) is 5. The Morgan fingerprint density at radius 2 is 2.08 bits per heavy atom. The summed E-state index contributed by atoms with van der Waals surface area (Å²) in [5.41, 5.74) is 5.30. The van der Waals surface area contributed by atoms with Crippen molar-refractivity contribution in [3.05, 3.63) is 56.9 Å². The Hall–Kier alpha value is -3.15. The highest BCUT2D eigenvalue weighted by molar-refractivity contribution is 5.91. The Labute approximate surface area is 148 Å². The molecule has 4 heterocycles. The fraction of sp³-hybridized carbons (Fsp3) is 0.250. The van der Waals surface area contributed by atoms with Gasteiger partial charge >= 0.3 is 5.97 Å². The number of cyclic esters (lactones) is 1. The van der Waals surface area contributed by atoms with Crippen LogP contribution in [0.3, 0.4) is 0 Å². The van der Waals surface area contributed by atoms with E-state index in [1.54, 1.807) is 10.6 Å².